The molecule has 0 aromatic carbocycles. The molecule has 0 bridgehead atoms. The standard InChI is InChI=1S/C19H21F4N7O4/c1-9(2)25-18(31)34-12-8-32-16(15(12)20)11-5-13(29-28-11)27-17-24-4-3-14-26-10(6-30(14)17)7-33-19(21,22)23/h3-6,9,12,15-16H,7-8H2,1-2H3,(H,25,31)(H2,24,27,28,29)/t12-,15-,16-/m0/s1. The molecule has 1 fully saturated rings. The first-order chi connectivity index (χ1) is 16.1. The minimum atomic E-state index is -4.78. The van der Waals surface area contributed by atoms with E-state index in [1.807, 2.05) is 0 Å². The number of rotatable bonds is 7. The number of nitrogens with zero attached hydrogens (tertiary/aromatic N) is 4. The summed E-state index contributed by atoms with van der Waals surface area (Å²) in [4.78, 5) is 19.9. The maximum absolute atomic E-state index is 14.8. The van der Waals surface area contributed by atoms with E-state index in [0.717, 1.165) is 0 Å². The molecule has 3 atom stereocenters. The topological polar surface area (TPSA) is 128 Å². The Hall–Kier alpha value is -3.46. The molecule has 1 amide bonds. The summed E-state index contributed by atoms with van der Waals surface area (Å²) in [5.74, 6) is 0.450. The number of nitrogens with one attached hydrogen (secondary N) is 3. The Morgan fingerprint density at radius 1 is 1.41 bits per heavy atom. The highest BCUT2D eigenvalue weighted by Gasteiger charge is 2.42. The highest BCUT2D eigenvalue weighted by Crippen LogP contribution is 2.33. The number of carbonyl (C=O) groups is 1. The molecule has 1 aliphatic rings. The summed E-state index contributed by atoms with van der Waals surface area (Å²) in [6.07, 6.45) is -6.51. The number of hydrogen-bond donors (Lipinski definition) is 3. The van der Waals surface area contributed by atoms with E-state index in [-0.39, 0.29) is 30.1 Å². The highest BCUT2D eigenvalue weighted by atomic mass is 19.4. The third kappa shape index (κ3) is 5.53. The van der Waals surface area contributed by atoms with Gasteiger partial charge < -0.3 is 20.1 Å². The van der Waals surface area contributed by atoms with Crippen LogP contribution in [0.4, 0.5) is 34.1 Å². The van der Waals surface area contributed by atoms with Crippen molar-refractivity contribution >= 4 is 23.5 Å². The second-order valence-corrected chi connectivity index (χ2v) is 7.74. The van der Waals surface area contributed by atoms with Gasteiger partial charge in [0.1, 0.15) is 11.8 Å². The molecule has 0 radical (unpaired) electrons. The smallest absolute Gasteiger partial charge is 0.441 e. The first kappa shape index (κ1) is 23.7. The molecule has 4 heterocycles. The largest absolute Gasteiger partial charge is 0.522 e. The quantitative estimate of drug-likeness (QED) is 0.434. The van der Waals surface area contributed by atoms with Gasteiger partial charge >= 0.3 is 12.5 Å². The summed E-state index contributed by atoms with van der Waals surface area (Å²) in [7, 11) is 0. The van der Waals surface area contributed by atoms with Gasteiger partial charge in [-0.3, -0.25) is 14.2 Å². The maximum atomic E-state index is 14.8. The fraction of sp³-hybridized carbons (Fsp3) is 0.474. The Morgan fingerprint density at radius 3 is 2.94 bits per heavy atom. The van der Waals surface area contributed by atoms with Crippen molar-refractivity contribution in [3.8, 4) is 0 Å². The monoisotopic (exact) mass is 487 g/mol. The minimum Gasteiger partial charge on any atom is -0.441 e. The lowest BCUT2D eigenvalue weighted by Crippen LogP contribution is -2.36. The highest BCUT2D eigenvalue weighted by molar-refractivity contribution is 5.67. The summed E-state index contributed by atoms with van der Waals surface area (Å²) in [5, 5.41) is 12.1. The molecular formula is C19H21F4N7O4. The number of aromatic nitrogens is 5. The molecule has 0 unspecified atom stereocenters. The van der Waals surface area contributed by atoms with E-state index in [2.05, 4.69) is 35.5 Å². The van der Waals surface area contributed by atoms with E-state index in [0.29, 0.717) is 11.3 Å². The van der Waals surface area contributed by atoms with Crippen LogP contribution in [0.25, 0.3) is 5.65 Å². The van der Waals surface area contributed by atoms with Gasteiger partial charge in [-0.1, -0.05) is 0 Å². The zero-order chi connectivity index (χ0) is 24.5. The number of carbonyl (C=O) groups excluding carboxylic acids is 1. The zero-order valence-electron chi connectivity index (χ0n) is 18.0. The molecule has 0 aliphatic carbocycles. The average molecular weight is 487 g/mol. The summed E-state index contributed by atoms with van der Waals surface area (Å²) < 4.78 is 67.5. The fourth-order valence-corrected chi connectivity index (χ4v) is 3.29. The number of alkyl carbamates (subject to hydrolysis) is 1. The number of fused-ring (bicyclic) bond motifs is 1. The number of hydrogen-bond acceptors (Lipinski definition) is 8. The molecule has 15 heteroatoms. The molecular weight excluding hydrogens is 466 g/mol. The molecule has 3 aromatic heterocycles. The molecule has 3 N–H and O–H groups in total. The van der Waals surface area contributed by atoms with Crippen LogP contribution >= 0.6 is 0 Å². The van der Waals surface area contributed by atoms with Crippen LogP contribution in [0, 0.1) is 0 Å². The molecule has 0 spiro atoms. The first-order valence-corrected chi connectivity index (χ1v) is 10.2. The summed E-state index contributed by atoms with van der Waals surface area (Å²) in [5.41, 5.74) is 0.669. The zero-order valence-corrected chi connectivity index (χ0v) is 18.0. The molecule has 1 saturated heterocycles. The second-order valence-electron chi connectivity index (χ2n) is 7.74. The van der Waals surface area contributed by atoms with Crippen LogP contribution in [0.1, 0.15) is 31.3 Å². The Kier molecular flexibility index (Phi) is 6.56. The van der Waals surface area contributed by atoms with Crippen LogP contribution in [0.3, 0.4) is 0 Å². The first-order valence-electron chi connectivity index (χ1n) is 10.2. The number of halogens is 4. The van der Waals surface area contributed by atoms with E-state index in [4.69, 9.17) is 9.47 Å². The fourth-order valence-electron chi connectivity index (χ4n) is 3.29. The number of anilines is 2. The third-order valence-electron chi connectivity index (χ3n) is 4.71. The normalized spacial score (nSPS) is 20.7. The van der Waals surface area contributed by atoms with E-state index in [1.54, 1.807) is 13.8 Å². The van der Waals surface area contributed by atoms with E-state index in [9.17, 15) is 22.4 Å². The molecule has 3 aromatic rings. The van der Waals surface area contributed by atoms with E-state index < -0.39 is 37.4 Å². The minimum absolute atomic E-state index is 0.0447. The van der Waals surface area contributed by atoms with Gasteiger partial charge in [0.2, 0.25) is 5.95 Å². The van der Waals surface area contributed by atoms with Gasteiger partial charge in [-0.25, -0.2) is 19.2 Å². The number of aromatic amines is 1. The van der Waals surface area contributed by atoms with E-state index in [1.165, 1.54) is 28.9 Å². The van der Waals surface area contributed by atoms with Crippen molar-refractivity contribution in [2.75, 3.05) is 11.9 Å². The summed E-state index contributed by atoms with van der Waals surface area (Å²) >= 11 is 0. The Bertz CT molecular complexity index is 1150. The van der Waals surface area contributed by atoms with Crippen molar-refractivity contribution < 1.29 is 36.6 Å². The van der Waals surface area contributed by atoms with Gasteiger partial charge in [0.05, 0.1) is 24.6 Å². The number of amides is 1. The lowest BCUT2D eigenvalue weighted by atomic mass is 10.1. The molecule has 0 saturated carbocycles. The molecule has 1 aliphatic heterocycles. The summed E-state index contributed by atoms with van der Waals surface area (Å²) in [6, 6.07) is 2.83. The van der Waals surface area contributed by atoms with Crippen molar-refractivity contribution in [2.24, 2.45) is 0 Å². The Balaban J connectivity index is 1.43. The van der Waals surface area contributed by atoms with E-state index >= 15 is 0 Å². The van der Waals surface area contributed by atoms with Gasteiger partial charge in [-0.05, 0) is 19.9 Å². The van der Waals surface area contributed by atoms with Crippen LogP contribution < -0.4 is 10.6 Å². The second kappa shape index (κ2) is 9.42. The number of imidazole rings is 1. The van der Waals surface area contributed by atoms with Gasteiger partial charge in [-0.15, -0.1) is 13.2 Å². The Labute approximate surface area is 189 Å². The number of ether oxygens (including phenoxy) is 3. The maximum Gasteiger partial charge on any atom is 0.522 e. The molecule has 34 heavy (non-hydrogen) atoms. The average Bonchev–Trinajstić information content (AvgIpc) is 3.45. The number of alkyl halides is 4. The van der Waals surface area contributed by atoms with Crippen LogP contribution in [0.5, 0.6) is 0 Å². The van der Waals surface area contributed by atoms with Crippen molar-refractivity contribution in [1.82, 2.24) is 29.9 Å². The summed E-state index contributed by atoms with van der Waals surface area (Å²) in [6.45, 7) is 2.61. The molecule has 184 valence electrons. The van der Waals surface area contributed by atoms with Crippen LogP contribution in [0.2, 0.25) is 0 Å². The van der Waals surface area contributed by atoms with Crippen LogP contribution in [0.15, 0.2) is 24.5 Å². The lowest BCUT2D eigenvalue weighted by Gasteiger charge is -2.16. The van der Waals surface area contributed by atoms with Gasteiger partial charge in [0.15, 0.2) is 18.1 Å². The van der Waals surface area contributed by atoms with Gasteiger partial charge in [0.25, 0.3) is 0 Å². The molecule has 11 nitrogen and oxygen atoms in total. The van der Waals surface area contributed by atoms with Gasteiger partial charge in [0, 0.05) is 24.5 Å². The predicted molar refractivity (Wildman–Crippen MR) is 108 cm³/mol. The Morgan fingerprint density at radius 2 is 2.21 bits per heavy atom. The van der Waals surface area contributed by atoms with Crippen molar-refractivity contribution in [2.45, 2.75) is 51.2 Å². The predicted octanol–water partition coefficient (Wildman–Crippen LogP) is 3.15. The number of H-pyrrole nitrogens is 1. The van der Waals surface area contributed by atoms with Crippen LogP contribution in [-0.2, 0) is 20.8 Å². The van der Waals surface area contributed by atoms with Crippen molar-refractivity contribution in [3.63, 3.8) is 0 Å². The third-order valence-corrected chi connectivity index (χ3v) is 4.71. The van der Waals surface area contributed by atoms with Crippen molar-refractivity contribution in [3.05, 3.63) is 35.9 Å². The lowest BCUT2D eigenvalue weighted by molar-refractivity contribution is -0.330. The molecule has 4 rings (SSSR count). The van der Waals surface area contributed by atoms with Gasteiger partial charge in [-0.2, -0.15) is 5.10 Å². The van der Waals surface area contributed by atoms with Crippen LogP contribution in [-0.4, -0.2) is 61.9 Å². The van der Waals surface area contributed by atoms with Crippen molar-refractivity contribution in [1.29, 1.82) is 0 Å². The SMILES string of the molecule is CC(C)NC(=O)O[C@H]1CO[C@@H](c2cc(Nc3nccc4nc(COC(F)(F)F)cn34)n[nH]2)[C@H]1F.